The van der Waals surface area contributed by atoms with Gasteiger partial charge in [0.2, 0.25) is 0 Å². The molecule has 0 bridgehead atoms. The van der Waals surface area contributed by atoms with E-state index in [1.807, 2.05) is 6.92 Å². The Morgan fingerprint density at radius 1 is 0.857 bits per heavy atom. The van der Waals surface area contributed by atoms with Gasteiger partial charge in [-0.15, -0.1) is 0 Å². The van der Waals surface area contributed by atoms with E-state index in [0.29, 0.717) is 46.2 Å². The molecule has 0 aliphatic heterocycles. The fourth-order valence-corrected chi connectivity index (χ4v) is 2.82. The normalized spacial score (nSPS) is 10.4. The maximum atomic E-state index is 12.6. The molecule has 4 nitrogen and oxygen atoms in total. The molecule has 0 fully saturated rings. The summed E-state index contributed by atoms with van der Waals surface area (Å²) < 4.78 is 11.2. The lowest BCUT2D eigenvalue weighted by molar-refractivity contribution is -0.134. The summed E-state index contributed by atoms with van der Waals surface area (Å²) in [6.07, 6.45) is 1.05. The Labute approximate surface area is 168 Å². The van der Waals surface area contributed by atoms with Crippen LogP contribution in [0.5, 0.6) is 17.2 Å². The second-order valence-electron chi connectivity index (χ2n) is 6.11. The lowest BCUT2D eigenvalue weighted by Crippen LogP contribution is -2.07. The number of para-hydroxylation sites is 2. The second kappa shape index (κ2) is 9.20. The lowest BCUT2D eigenvalue weighted by Gasteiger charge is -2.11. The maximum absolute atomic E-state index is 12.6. The van der Waals surface area contributed by atoms with Crippen molar-refractivity contribution < 1.29 is 19.1 Å². The van der Waals surface area contributed by atoms with Crippen LogP contribution in [0.2, 0.25) is 5.02 Å². The Kier molecular flexibility index (Phi) is 6.45. The SMILES string of the molecule is CCCC(=O)Oc1ccccc1Oc1ccc(C(=O)c2ccccc2Cl)cc1. The van der Waals surface area contributed by atoms with Gasteiger partial charge in [0.25, 0.3) is 0 Å². The van der Waals surface area contributed by atoms with Crippen LogP contribution in [0.4, 0.5) is 0 Å². The number of carbonyl (C=O) groups excluding carboxylic acids is 2. The van der Waals surface area contributed by atoms with Gasteiger partial charge in [0.1, 0.15) is 5.75 Å². The molecule has 0 aliphatic rings. The molecule has 3 rings (SSSR count). The van der Waals surface area contributed by atoms with Crippen molar-refractivity contribution in [1.29, 1.82) is 0 Å². The van der Waals surface area contributed by atoms with Crippen LogP contribution in [0.25, 0.3) is 0 Å². The molecule has 0 unspecified atom stereocenters. The van der Waals surface area contributed by atoms with Crippen LogP contribution < -0.4 is 9.47 Å². The molecular weight excluding hydrogens is 376 g/mol. The Bertz CT molecular complexity index is 980. The summed E-state index contributed by atoms with van der Waals surface area (Å²) in [4.78, 5) is 24.4. The molecule has 5 heteroatoms. The zero-order chi connectivity index (χ0) is 19.9. The zero-order valence-corrected chi connectivity index (χ0v) is 16.1. The third kappa shape index (κ3) is 4.78. The smallest absolute Gasteiger partial charge is 0.311 e. The first-order valence-electron chi connectivity index (χ1n) is 8.95. The number of ketones is 1. The van der Waals surface area contributed by atoms with Crippen molar-refractivity contribution in [2.24, 2.45) is 0 Å². The van der Waals surface area contributed by atoms with Crippen LogP contribution in [-0.2, 0) is 4.79 Å². The highest BCUT2D eigenvalue weighted by Gasteiger charge is 2.13. The van der Waals surface area contributed by atoms with E-state index in [9.17, 15) is 9.59 Å². The van der Waals surface area contributed by atoms with Gasteiger partial charge in [-0.2, -0.15) is 0 Å². The third-order valence-corrected chi connectivity index (χ3v) is 4.32. The highest BCUT2D eigenvalue weighted by Crippen LogP contribution is 2.32. The Morgan fingerprint density at radius 3 is 2.18 bits per heavy atom. The molecule has 3 aromatic rings. The fourth-order valence-electron chi connectivity index (χ4n) is 2.60. The molecule has 3 aromatic carbocycles. The minimum absolute atomic E-state index is 0.161. The number of hydrogen-bond acceptors (Lipinski definition) is 4. The van der Waals surface area contributed by atoms with E-state index >= 15 is 0 Å². The minimum Gasteiger partial charge on any atom is -0.453 e. The molecule has 0 radical (unpaired) electrons. The van der Waals surface area contributed by atoms with E-state index in [2.05, 4.69) is 0 Å². The van der Waals surface area contributed by atoms with Crippen molar-refractivity contribution in [1.82, 2.24) is 0 Å². The highest BCUT2D eigenvalue weighted by atomic mass is 35.5. The van der Waals surface area contributed by atoms with Crippen molar-refractivity contribution in [3.05, 3.63) is 88.9 Å². The van der Waals surface area contributed by atoms with Gasteiger partial charge in [0.05, 0.1) is 5.02 Å². The van der Waals surface area contributed by atoms with Gasteiger partial charge in [0, 0.05) is 17.5 Å². The number of halogens is 1. The van der Waals surface area contributed by atoms with E-state index in [1.165, 1.54) is 0 Å². The molecule has 0 atom stereocenters. The van der Waals surface area contributed by atoms with Crippen molar-refractivity contribution in [3.63, 3.8) is 0 Å². The molecule has 142 valence electrons. The van der Waals surface area contributed by atoms with Crippen LogP contribution in [-0.4, -0.2) is 11.8 Å². The average molecular weight is 395 g/mol. The average Bonchev–Trinajstić information content (AvgIpc) is 2.70. The maximum Gasteiger partial charge on any atom is 0.311 e. The van der Waals surface area contributed by atoms with Crippen LogP contribution in [0, 0.1) is 0 Å². The molecule has 0 amide bonds. The van der Waals surface area contributed by atoms with E-state index in [4.69, 9.17) is 21.1 Å². The van der Waals surface area contributed by atoms with E-state index in [-0.39, 0.29) is 11.8 Å². The summed E-state index contributed by atoms with van der Waals surface area (Å²) in [6.45, 7) is 1.91. The van der Waals surface area contributed by atoms with Crippen molar-refractivity contribution in [2.45, 2.75) is 19.8 Å². The topological polar surface area (TPSA) is 52.6 Å². The monoisotopic (exact) mass is 394 g/mol. The first-order valence-corrected chi connectivity index (χ1v) is 9.33. The fraction of sp³-hybridized carbons (Fsp3) is 0.130. The summed E-state index contributed by atoms with van der Waals surface area (Å²) in [5.74, 6) is 0.842. The van der Waals surface area contributed by atoms with Gasteiger partial charge >= 0.3 is 5.97 Å². The lowest BCUT2D eigenvalue weighted by atomic mass is 10.0. The summed E-state index contributed by atoms with van der Waals surface area (Å²) in [6, 6.07) is 20.6. The summed E-state index contributed by atoms with van der Waals surface area (Å²) in [5.41, 5.74) is 0.953. The molecule has 0 spiro atoms. The highest BCUT2D eigenvalue weighted by molar-refractivity contribution is 6.34. The van der Waals surface area contributed by atoms with Gasteiger partial charge in [-0.1, -0.05) is 42.8 Å². The van der Waals surface area contributed by atoms with Gasteiger partial charge in [-0.05, 0) is 55.0 Å². The predicted molar refractivity (Wildman–Crippen MR) is 108 cm³/mol. The number of benzene rings is 3. The Balaban J connectivity index is 1.76. The number of esters is 1. The Hall–Kier alpha value is -3.11. The van der Waals surface area contributed by atoms with Gasteiger partial charge < -0.3 is 9.47 Å². The van der Waals surface area contributed by atoms with E-state index < -0.39 is 0 Å². The molecule has 0 aromatic heterocycles. The molecule has 0 saturated heterocycles. The molecule has 0 aliphatic carbocycles. The van der Waals surface area contributed by atoms with Crippen LogP contribution >= 0.6 is 11.6 Å². The van der Waals surface area contributed by atoms with E-state index in [0.717, 1.165) is 0 Å². The van der Waals surface area contributed by atoms with Crippen LogP contribution in [0.15, 0.2) is 72.8 Å². The number of hydrogen-bond donors (Lipinski definition) is 0. The Morgan fingerprint density at radius 2 is 1.50 bits per heavy atom. The molecule has 28 heavy (non-hydrogen) atoms. The zero-order valence-electron chi connectivity index (χ0n) is 15.4. The van der Waals surface area contributed by atoms with Crippen LogP contribution in [0.1, 0.15) is 35.7 Å². The first kappa shape index (κ1) is 19.6. The van der Waals surface area contributed by atoms with Crippen molar-refractivity contribution >= 4 is 23.4 Å². The molecular formula is C23H19ClO4. The van der Waals surface area contributed by atoms with Gasteiger partial charge in [0.15, 0.2) is 17.3 Å². The van der Waals surface area contributed by atoms with Crippen LogP contribution in [0.3, 0.4) is 0 Å². The van der Waals surface area contributed by atoms with Gasteiger partial charge in [-0.25, -0.2) is 0 Å². The largest absolute Gasteiger partial charge is 0.453 e. The summed E-state index contributed by atoms with van der Waals surface area (Å²) >= 11 is 6.10. The minimum atomic E-state index is -0.306. The standard InChI is InChI=1S/C23H19ClO4/c1-2-7-22(25)28-21-11-6-5-10-20(21)27-17-14-12-16(13-15-17)23(26)18-8-3-4-9-19(18)24/h3-6,8-15H,2,7H2,1H3. The third-order valence-electron chi connectivity index (χ3n) is 3.99. The quantitative estimate of drug-likeness (QED) is 0.277. The second-order valence-corrected chi connectivity index (χ2v) is 6.51. The molecule has 0 heterocycles. The summed E-state index contributed by atoms with van der Waals surface area (Å²) in [7, 11) is 0. The molecule has 0 N–H and O–H groups in total. The number of ether oxygens (including phenoxy) is 2. The number of rotatable bonds is 7. The summed E-state index contributed by atoms with van der Waals surface area (Å²) in [5, 5.41) is 0.413. The van der Waals surface area contributed by atoms with E-state index in [1.54, 1.807) is 72.8 Å². The van der Waals surface area contributed by atoms with Crippen molar-refractivity contribution in [3.8, 4) is 17.2 Å². The number of carbonyl (C=O) groups is 2. The first-order chi connectivity index (χ1) is 13.6. The molecule has 0 saturated carbocycles. The van der Waals surface area contributed by atoms with Crippen molar-refractivity contribution in [2.75, 3.05) is 0 Å². The predicted octanol–water partition coefficient (Wildman–Crippen LogP) is 6.07. The van der Waals surface area contributed by atoms with Gasteiger partial charge in [-0.3, -0.25) is 9.59 Å².